The number of aliphatic hydroxyl groups is 2. The minimum Gasteiger partial charge on any atom is -0.477 e. The summed E-state index contributed by atoms with van der Waals surface area (Å²) in [5.74, 6) is -2.69. The van der Waals surface area contributed by atoms with Crippen LogP contribution in [0.5, 0.6) is 0 Å². The first-order chi connectivity index (χ1) is 12.5. The molecule has 0 heterocycles. The van der Waals surface area contributed by atoms with Crippen molar-refractivity contribution in [3.8, 4) is 0 Å². The van der Waals surface area contributed by atoms with Crippen LogP contribution in [0.2, 0.25) is 0 Å². The normalized spacial score (nSPS) is 24.0. The lowest BCUT2D eigenvalue weighted by Crippen LogP contribution is -2.51. The maximum absolute atomic E-state index is 11.0. The maximum Gasteiger partial charge on any atom is 0.367 e. The van der Waals surface area contributed by atoms with Gasteiger partial charge in [-0.25, -0.2) is 4.79 Å². The van der Waals surface area contributed by atoms with E-state index in [9.17, 15) is 15.0 Å². The number of carboxylic acid groups (broad SMARTS) is 1. The van der Waals surface area contributed by atoms with E-state index in [4.69, 9.17) is 5.11 Å². The highest BCUT2D eigenvalue weighted by atomic mass is 16.7. The molecule has 0 saturated heterocycles. The van der Waals surface area contributed by atoms with Gasteiger partial charge in [-0.1, -0.05) is 57.6 Å². The van der Waals surface area contributed by atoms with Gasteiger partial charge in [0, 0.05) is 7.11 Å². The summed E-state index contributed by atoms with van der Waals surface area (Å²) in [4.78, 5) is 11.0. The Morgan fingerprint density at radius 3 is 2.65 bits per heavy atom. The van der Waals surface area contributed by atoms with Crippen molar-refractivity contribution < 1.29 is 24.9 Å². The van der Waals surface area contributed by atoms with Gasteiger partial charge in [0.2, 0.25) is 0 Å². The Bertz CT molecular complexity index is 423. The third kappa shape index (κ3) is 7.37. The molecular formula is C21H38O5. The summed E-state index contributed by atoms with van der Waals surface area (Å²) in [5.41, 5.74) is 0. The first kappa shape index (κ1) is 23.1. The number of carboxylic acids is 1. The van der Waals surface area contributed by atoms with Gasteiger partial charge in [0.25, 0.3) is 5.79 Å². The average Bonchev–Trinajstić information content (AvgIpc) is 3.07. The lowest BCUT2D eigenvalue weighted by Gasteiger charge is -2.27. The summed E-state index contributed by atoms with van der Waals surface area (Å²) in [6.07, 6.45) is 16.5. The number of hydrogen-bond acceptors (Lipinski definition) is 4. The number of methoxy groups -OCH3 is 1. The molecule has 0 bridgehead atoms. The molecule has 4 atom stereocenters. The number of hydrogen-bond donors (Lipinski definition) is 3. The molecule has 1 aliphatic carbocycles. The Kier molecular flexibility index (Phi) is 11.1. The SMILES string of the molecule is CCCCCCC=C[C@H]1CCC[C@@H]1CCCCC(O)C(O)(OC)C(=O)O. The molecule has 1 aliphatic rings. The Morgan fingerprint density at radius 1 is 1.23 bits per heavy atom. The van der Waals surface area contributed by atoms with Gasteiger partial charge in [-0.3, -0.25) is 0 Å². The van der Waals surface area contributed by atoms with Crippen LogP contribution in [0.1, 0.15) is 84.0 Å². The standard InChI is InChI=1S/C21H38O5/c1-3-4-5-6-7-8-12-17-14-11-15-18(17)13-9-10-16-19(22)21(25,26-2)20(23)24/h8,12,17-19,22,25H,3-7,9-11,13-16H2,1-2H3,(H,23,24)/t17-,18-,19?,21?/m0/s1. The predicted octanol–water partition coefficient (Wildman–Crippen LogP) is 4.27. The highest BCUT2D eigenvalue weighted by molar-refractivity contribution is 5.76. The lowest BCUT2D eigenvalue weighted by atomic mass is 9.89. The molecular weight excluding hydrogens is 332 g/mol. The Morgan fingerprint density at radius 2 is 2.00 bits per heavy atom. The van der Waals surface area contributed by atoms with Crippen LogP contribution in [0.3, 0.4) is 0 Å². The quantitative estimate of drug-likeness (QED) is 0.241. The van der Waals surface area contributed by atoms with Crippen LogP contribution in [0, 0.1) is 11.8 Å². The van der Waals surface area contributed by atoms with Gasteiger partial charge in [-0.05, 0) is 50.4 Å². The summed E-state index contributed by atoms with van der Waals surface area (Å²) in [7, 11) is 1.09. The zero-order valence-electron chi connectivity index (χ0n) is 16.5. The largest absolute Gasteiger partial charge is 0.477 e. The van der Waals surface area contributed by atoms with Gasteiger partial charge >= 0.3 is 5.97 Å². The van der Waals surface area contributed by atoms with Crippen molar-refractivity contribution >= 4 is 5.97 Å². The highest BCUT2D eigenvalue weighted by Gasteiger charge is 2.43. The number of unbranched alkanes of at least 4 members (excludes halogenated alkanes) is 5. The van der Waals surface area contributed by atoms with Gasteiger partial charge < -0.3 is 20.1 Å². The molecule has 0 aromatic heterocycles. The third-order valence-corrected chi connectivity index (χ3v) is 5.70. The van der Waals surface area contributed by atoms with Crippen molar-refractivity contribution in [3.63, 3.8) is 0 Å². The van der Waals surface area contributed by atoms with Gasteiger partial charge in [0.15, 0.2) is 0 Å². The lowest BCUT2D eigenvalue weighted by molar-refractivity contribution is -0.249. The topological polar surface area (TPSA) is 87.0 Å². The molecule has 1 saturated carbocycles. The fraction of sp³-hybridized carbons (Fsp3) is 0.857. The van der Waals surface area contributed by atoms with E-state index in [1.165, 1.54) is 51.4 Å². The van der Waals surface area contributed by atoms with Crippen LogP contribution in [0.25, 0.3) is 0 Å². The van der Waals surface area contributed by atoms with Crippen molar-refractivity contribution in [2.24, 2.45) is 11.8 Å². The van der Waals surface area contributed by atoms with Crippen LogP contribution in [0.15, 0.2) is 12.2 Å². The summed E-state index contributed by atoms with van der Waals surface area (Å²) >= 11 is 0. The fourth-order valence-electron chi connectivity index (χ4n) is 3.94. The second-order valence-electron chi connectivity index (χ2n) is 7.64. The molecule has 5 nitrogen and oxygen atoms in total. The van der Waals surface area contributed by atoms with E-state index < -0.39 is 17.9 Å². The number of carbonyl (C=O) groups is 1. The van der Waals surface area contributed by atoms with Crippen molar-refractivity contribution in [2.45, 2.75) is 95.9 Å². The summed E-state index contributed by atoms with van der Waals surface area (Å²) in [6, 6.07) is 0. The Balaban J connectivity index is 2.27. The zero-order valence-corrected chi connectivity index (χ0v) is 16.5. The maximum atomic E-state index is 11.0. The van der Waals surface area contributed by atoms with Crippen molar-refractivity contribution in [3.05, 3.63) is 12.2 Å². The van der Waals surface area contributed by atoms with E-state index in [0.29, 0.717) is 18.3 Å². The summed E-state index contributed by atoms with van der Waals surface area (Å²) < 4.78 is 4.58. The number of aliphatic carboxylic acids is 1. The molecule has 1 rings (SSSR count). The number of allylic oxidation sites excluding steroid dienone is 2. The Labute approximate surface area is 158 Å². The Hall–Kier alpha value is -0.910. The van der Waals surface area contributed by atoms with Crippen molar-refractivity contribution in [2.75, 3.05) is 7.11 Å². The van der Waals surface area contributed by atoms with Crippen LogP contribution in [-0.4, -0.2) is 40.3 Å². The molecule has 0 spiro atoms. The fourth-order valence-corrected chi connectivity index (χ4v) is 3.94. The van der Waals surface area contributed by atoms with Gasteiger partial charge in [0.05, 0.1) is 0 Å². The molecule has 0 aromatic carbocycles. The number of rotatable bonds is 14. The summed E-state index contributed by atoms with van der Waals surface area (Å²) in [5, 5.41) is 28.7. The first-order valence-electron chi connectivity index (χ1n) is 10.3. The van der Waals surface area contributed by atoms with Crippen LogP contribution >= 0.6 is 0 Å². The highest BCUT2D eigenvalue weighted by Crippen LogP contribution is 2.36. The van der Waals surface area contributed by atoms with Gasteiger partial charge in [-0.2, -0.15) is 0 Å². The van der Waals surface area contributed by atoms with E-state index in [1.807, 2.05) is 0 Å². The van der Waals surface area contributed by atoms with Crippen LogP contribution < -0.4 is 0 Å². The molecule has 0 aromatic rings. The zero-order chi connectivity index (χ0) is 19.4. The van der Waals surface area contributed by atoms with Crippen LogP contribution in [0.4, 0.5) is 0 Å². The first-order valence-corrected chi connectivity index (χ1v) is 10.3. The van der Waals surface area contributed by atoms with Gasteiger partial charge in [0.1, 0.15) is 6.10 Å². The average molecular weight is 371 g/mol. The van der Waals surface area contributed by atoms with E-state index in [2.05, 4.69) is 23.8 Å². The predicted molar refractivity (Wildman–Crippen MR) is 103 cm³/mol. The third-order valence-electron chi connectivity index (χ3n) is 5.70. The number of aliphatic hydroxyl groups excluding tert-OH is 1. The van der Waals surface area contributed by atoms with E-state index in [0.717, 1.165) is 20.0 Å². The van der Waals surface area contributed by atoms with E-state index in [-0.39, 0.29) is 6.42 Å². The smallest absolute Gasteiger partial charge is 0.367 e. The minimum absolute atomic E-state index is 0.224. The number of ether oxygens (including phenoxy) is 1. The molecule has 1 fully saturated rings. The molecule has 5 heteroatoms. The monoisotopic (exact) mass is 370 g/mol. The second-order valence-corrected chi connectivity index (χ2v) is 7.64. The van der Waals surface area contributed by atoms with Gasteiger partial charge in [-0.15, -0.1) is 0 Å². The molecule has 152 valence electrons. The van der Waals surface area contributed by atoms with Crippen molar-refractivity contribution in [1.29, 1.82) is 0 Å². The van der Waals surface area contributed by atoms with Crippen molar-refractivity contribution in [1.82, 2.24) is 0 Å². The second kappa shape index (κ2) is 12.5. The minimum atomic E-state index is -2.50. The molecule has 0 aliphatic heterocycles. The summed E-state index contributed by atoms with van der Waals surface area (Å²) in [6.45, 7) is 2.23. The molecule has 0 radical (unpaired) electrons. The molecule has 3 N–H and O–H groups in total. The van der Waals surface area contributed by atoms with E-state index in [1.54, 1.807) is 0 Å². The molecule has 0 amide bonds. The van der Waals surface area contributed by atoms with Crippen LogP contribution in [-0.2, 0) is 9.53 Å². The molecule has 26 heavy (non-hydrogen) atoms. The van der Waals surface area contributed by atoms with E-state index >= 15 is 0 Å². The molecule has 2 unspecified atom stereocenters.